The van der Waals surface area contributed by atoms with Crippen molar-refractivity contribution in [2.24, 2.45) is 5.41 Å². The van der Waals surface area contributed by atoms with Gasteiger partial charge in [0, 0.05) is 45.3 Å². The predicted molar refractivity (Wildman–Crippen MR) is 128 cm³/mol. The van der Waals surface area contributed by atoms with E-state index in [4.69, 9.17) is 4.74 Å². The SMILES string of the molecule is CCOC(=O)CCCCCNC(=O)N1CCC2(CCN(C(=O)c3cccnc3SC)CC2)C1. The van der Waals surface area contributed by atoms with Crippen LogP contribution in [-0.2, 0) is 9.53 Å². The van der Waals surface area contributed by atoms with E-state index in [2.05, 4.69) is 10.3 Å². The molecule has 1 spiro atoms. The number of hydrogen-bond donors (Lipinski definition) is 1. The van der Waals surface area contributed by atoms with Crippen LogP contribution in [0, 0.1) is 5.41 Å². The molecule has 0 radical (unpaired) electrons. The third kappa shape index (κ3) is 6.85. The summed E-state index contributed by atoms with van der Waals surface area (Å²) < 4.78 is 4.92. The van der Waals surface area contributed by atoms with Gasteiger partial charge in [-0.15, -0.1) is 11.8 Å². The fourth-order valence-electron chi connectivity index (χ4n) is 4.70. The highest BCUT2D eigenvalue weighted by atomic mass is 32.2. The average molecular weight is 477 g/mol. The third-order valence-corrected chi connectivity index (χ3v) is 7.38. The van der Waals surface area contributed by atoms with Gasteiger partial charge in [0.2, 0.25) is 0 Å². The van der Waals surface area contributed by atoms with Crippen molar-refractivity contribution in [2.75, 3.05) is 45.6 Å². The summed E-state index contributed by atoms with van der Waals surface area (Å²) in [5.74, 6) is -0.0976. The molecule has 33 heavy (non-hydrogen) atoms. The zero-order valence-corrected chi connectivity index (χ0v) is 20.6. The van der Waals surface area contributed by atoms with Crippen LogP contribution in [0.15, 0.2) is 23.4 Å². The lowest BCUT2D eigenvalue weighted by Gasteiger charge is -2.39. The number of amides is 3. The zero-order valence-electron chi connectivity index (χ0n) is 19.8. The largest absolute Gasteiger partial charge is 0.466 e. The summed E-state index contributed by atoms with van der Waals surface area (Å²) >= 11 is 1.49. The molecule has 2 aliphatic heterocycles. The predicted octanol–water partition coefficient (Wildman–Crippen LogP) is 3.56. The minimum Gasteiger partial charge on any atom is -0.466 e. The number of aromatic nitrogens is 1. The molecular weight excluding hydrogens is 440 g/mol. The highest BCUT2D eigenvalue weighted by molar-refractivity contribution is 7.98. The van der Waals surface area contributed by atoms with Gasteiger partial charge in [-0.3, -0.25) is 9.59 Å². The lowest BCUT2D eigenvalue weighted by Crippen LogP contribution is -2.46. The van der Waals surface area contributed by atoms with Crippen molar-refractivity contribution in [1.29, 1.82) is 0 Å². The summed E-state index contributed by atoms with van der Waals surface area (Å²) in [7, 11) is 0. The van der Waals surface area contributed by atoms with Gasteiger partial charge >= 0.3 is 12.0 Å². The van der Waals surface area contributed by atoms with E-state index in [0.29, 0.717) is 25.1 Å². The molecule has 3 amide bonds. The van der Waals surface area contributed by atoms with Crippen molar-refractivity contribution in [3.8, 4) is 0 Å². The number of unbranched alkanes of at least 4 members (excludes halogenated alkanes) is 2. The number of carbonyl (C=O) groups is 3. The van der Waals surface area contributed by atoms with Crippen LogP contribution in [0.1, 0.15) is 62.2 Å². The number of likely N-dealkylation sites (tertiary alicyclic amines) is 2. The second-order valence-electron chi connectivity index (χ2n) is 8.87. The number of hydrogen-bond acceptors (Lipinski definition) is 6. The molecule has 0 saturated carbocycles. The minimum atomic E-state index is -0.151. The Hall–Kier alpha value is -2.29. The van der Waals surface area contributed by atoms with Crippen molar-refractivity contribution in [3.63, 3.8) is 0 Å². The number of ether oxygens (including phenoxy) is 1. The lowest BCUT2D eigenvalue weighted by atomic mass is 9.77. The molecule has 182 valence electrons. The number of carbonyl (C=O) groups excluding carboxylic acids is 3. The van der Waals surface area contributed by atoms with Crippen LogP contribution < -0.4 is 5.32 Å². The molecule has 1 N–H and O–H groups in total. The van der Waals surface area contributed by atoms with E-state index in [9.17, 15) is 14.4 Å². The normalized spacial score (nSPS) is 17.3. The molecule has 0 bridgehead atoms. The molecule has 2 fully saturated rings. The standard InChI is InChI=1S/C24H36N4O4S/c1-3-32-20(29)9-5-4-6-13-26-23(31)28-17-12-24(18-28)10-15-27(16-11-24)22(30)19-8-7-14-25-21(19)33-2/h7-8,14H,3-6,9-13,15-18H2,1-2H3,(H,26,31). The Morgan fingerprint density at radius 2 is 1.85 bits per heavy atom. The molecule has 1 aromatic rings. The number of rotatable bonds is 9. The van der Waals surface area contributed by atoms with E-state index < -0.39 is 0 Å². The van der Waals surface area contributed by atoms with Crippen LogP contribution in [-0.4, -0.2) is 78.3 Å². The van der Waals surface area contributed by atoms with Gasteiger partial charge in [0.05, 0.1) is 12.2 Å². The van der Waals surface area contributed by atoms with E-state index in [-0.39, 0.29) is 23.3 Å². The molecule has 0 aromatic carbocycles. The quantitative estimate of drug-likeness (QED) is 0.333. The summed E-state index contributed by atoms with van der Waals surface area (Å²) in [4.78, 5) is 45.1. The first-order chi connectivity index (χ1) is 16.0. The fraction of sp³-hybridized carbons (Fsp3) is 0.667. The first kappa shape index (κ1) is 25.3. The summed E-state index contributed by atoms with van der Waals surface area (Å²) in [6.45, 7) is 5.81. The Kier molecular flexibility index (Phi) is 9.41. The summed E-state index contributed by atoms with van der Waals surface area (Å²) in [6.07, 6.45) is 9.46. The Bertz CT molecular complexity index is 826. The maximum absolute atomic E-state index is 13.0. The topological polar surface area (TPSA) is 91.8 Å². The van der Waals surface area contributed by atoms with Crippen LogP contribution in [0.5, 0.6) is 0 Å². The van der Waals surface area contributed by atoms with Gasteiger partial charge in [-0.25, -0.2) is 9.78 Å². The molecule has 1 aromatic heterocycles. The molecule has 9 heteroatoms. The molecule has 2 aliphatic rings. The molecule has 8 nitrogen and oxygen atoms in total. The van der Waals surface area contributed by atoms with E-state index in [1.807, 2.05) is 35.1 Å². The van der Waals surface area contributed by atoms with E-state index in [1.54, 1.807) is 6.20 Å². The second-order valence-corrected chi connectivity index (χ2v) is 9.67. The highest BCUT2D eigenvalue weighted by Gasteiger charge is 2.43. The molecule has 0 atom stereocenters. The van der Waals surface area contributed by atoms with Crippen LogP contribution in [0.3, 0.4) is 0 Å². The van der Waals surface area contributed by atoms with Gasteiger partial charge in [-0.1, -0.05) is 6.42 Å². The molecule has 0 aliphatic carbocycles. The van der Waals surface area contributed by atoms with Crippen LogP contribution in [0.2, 0.25) is 0 Å². The van der Waals surface area contributed by atoms with Crippen molar-refractivity contribution in [3.05, 3.63) is 23.9 Å². The van der Waals surface area contributed by atoms with Gasteiger partial charge < -0.3 is 19.9 Å². The molecular formula is C24H36N4O4S. The van der Waals surface area contributed by atoms with Gasteiger partial charge in [-0.05, 0) is 62.8 Å². The van der Waals surface area contributed by atoms with Crippen molar-refractivity contribution >= 4 is 29.7 Å². The molecule has 3 heterocycles. The van der Waals surface area contributed by atoms with Gasteiger partial charge in [0.15, 0.2) is 0 Å². The molecule has 3 rings (SSSR count). The van der Waals surface area contributed by atoms with Crippen molar-refractivity contribution < 1.29 is 19.1 Å². The Labute approximate surface area is 200 Å². The zero-order chi connectivity index (χ0) is 23.7. The number of nitrogens with one attached hydrogen (secondary N) is 1. The van der Waals surface area contributed by atoms with E-state index >= 15 is 0 Å². The van der Waals surface area contributed by atoms with Crippen molar-refractivity contribution in [2.45, 2.75) is 56.9 Å². The van der Waals surface area contributed by atoms with E-state index in [0.717, 1.165) is 69.7 Å². The Morgan fingerprint density at radius 1 is 1.12 bits per heavy atom. The van der Waals surface area contributed by atoms with E-state index in [1.165, 1.54) is 11.8 Å². The molecule has 0 unspecified atom stereocenters. The monoisotopic (exact) mass is 476 g/mol. The smallest absolute Gasteiger partial charge is 0.317 e. The van der Waals surface area contributed by atoms with Crippen molar-refractivity contribution in [1.82, 2.24) is 20.1 Å². The summed E-state index contributed by atoms with van der Waals surface area (Å²) in [5.41, 5.74) is 0.793. The third-order valence-electron chi connectivity index (χ3n) is 6.67. The first-order valence-corrected chi connectivity index (χ1v) is 13.2. The van der Waals surface area contributed by atoms with Gasteiger partial charge in [0.25, 0.3) is 5.91 Å². The fourth-order valence-corrected chi connectivity index (χ4v) is 5.24. The first-order valence-electron chi connectivity index (χ1n) is 11.9. The van der Waals surface area contributed by atoms with Crippen LogP contribution >= 0.6 is 11.8 Å². The molecule has 2 saturated heterocycles. The minimum absolute atomic E-state index is 0.00394. The number of pyridine rings is 1. The van der Waals surface area contributed by atoms with Crippen LogP contribution in [0.4, 0.5) is 4.79 Å². The number of piperidine rings is 1. The van der Waals surface area contributed by atoms with Crippen LogP contribution in [0.25, 0.3) is 0 Å². The Morgan fingerprint density at radius 3 is 2.55 bits per heavy atom. The Balaban J connectivity index is 1.38. The number of urea groups is 1. The maximum Gasteiger partial charge on any atom is 0.317 e. The van der Waals surface area contributed by atoms with Gasteiger partial charge in [0.1, 0.15) is 5.03 Å². The lowest BCUT2D eigenvalue weighted by molar-refractivity contribution is -0.143. The van der Waals surface area contributed by atoms with Gasteiger partial charge in [-0.2, -0.15) is 0 Å². The summed E-state index contributed by atoms with van der Waals surface area (Å²) in [5, 5.41) is 3.79. The average Bonchev–Trinajstić information content (AvgIpc) is 3.25. The second kappa shape index (κ2) is 12.3. The highest BCUT2D eigenvalue weighted by Crippen LogP contribution is 2.40. The summed E-state index contributed by atoms with van der Waals surface area (Å²) in [6, 6.07) is 3.66. The number of nitrogens with zero attached hydrogens (tertiary/aromatic N) is 3. The maximum atomic E-state index is 13.0. The number of thioether (sulfide) groups is 1. The number of esters is 1.